The number of rotatable bonds is 7. The Morgan fingerprint density at radius 2 is 0.704 bits per heavy atom. The Bertz CT molecular complexity index is 2820. The maximum absolute atomic E-state index is 15.4. The summed E-state index contributed by atoms with van der Waals surface area (Å²) in [5.41, 5.74) is 10.2. The van der Waals surface area contributed by atoms with Gasteiger partial charge in [-0.15, -0.1) is 0 Å². The lowest BCUT2D eigenvalue weighted by atomic mass is 9.95. The molecule has 4 heteroatoms. The van der Waals surface area contributed by atoms with Crippen LogP contribution in [0.2, 0.25) is 0 Å². The van der Waals surface area contributed by atoms with Gasteiger partial charge >= 0.3 is 5.69 Å². The second-order valence-electron chi connectivity index (χ2n) is 13.3. The van der Waals surface area contributed by atoms with Gasteiger partial charge in [0.2, 0.25) is 0 Å². The van der Waals surface area contributed by atoms with Crippen LogP contribution in [0.4, 0.5) is 0 Å². The quantitative estimate of drug-likeness (QED) is 0.167. The Labute approximate surface area is 313 Å². The van der Waals surface area contributed by atoms with Crippen molar-refractivity contribution in [1.82, 2.24) is 9.13 Å². The average molecular weight is 695 g/mol. The fraction of sp³-hybridized carbons (Fsp3) is 0. The first-order valence-corrected chi connectivity index (χ1v) is 18.0. The molecular formula is C50H34N2O2. The summed E-state index contributed by atoms with van der Waals surface area (Å²) in [7, 11) is 0. The van der Waals surface area contributed by atoms with Crippen molar-refractivity contribution in [3.63, 3.8) is 0 Å². The number of hydrogen-bond acceptors (Lipinski definition) is 2. The highest BCUT2D eigenvalue weighted by atomic mass is 16.2. The van der Waals surface area contributed by atoms with Gasteiger partial charge in [0, 0.05) is 5.56 Å². The Hall–Kier alpha value is -7.30. The largest absolute Gasteiger partial charge is 0.340 e. The molecule has 256 valence electrons. The second kappa shape index (κ2) is 14.0. The van der Waals surface area contributed by atoms with Gasteiger partial charge < -0.3 is 0 Å². The van der Waals surface area contributed by atoms with Gasteiger partial charge in [-0.1, -0.05) is 164 Å². The van der Waals surface area contributed by atoms with Gasteiger partial charge in [-0.2, -0.15) is 0 Å². The fourth-order valence-electron chi connectivity index (χ4n) is 7.33. The Balaban J connectivity index is 1.42. The lowest BCUT2D eigenvalue weighted by Gasteiger charge is -2.20. The summed E-state index contributed by atoms with van der Waals surface area (Å²) in [6.07, 6.45) is 0. The van der Waals surface area contributed by atoms with Crippen LogP contribution >= 0.6 is 0 Å². The van der Waals surface area contributed by atoms with E-state index in [4.69, 9.17) is 0 Å². The summed E-state index contributed by atoms with van der Waals surface area (Å²) in [6, 6.07) is 68.3. The van der Waals surface area contributed by atoms with E-state index in [0.29, 0.717) is 22.3 Å². The molecule has 0 aliphatic carbocycles. The maximum Gasteiger partial charge on any atom is 0.340 e. The first kappa shape index (κ1) is 32.6. The van der Waals surface area contributed by atoms with Gasteiger partial charge in [0.15, 0.2) is 0 Å². The van der Waals surface area contributed by atoms with Crippen LogP contribution in [0.5, 0.6) is 0 Å². The minimum Gasteiger partial charge on any atom is -0.268 e. The molecule has 0 N–H and O–H groups in total. The van der Waals surface area contributed by atoms with Crippen LogP contribution in [-0.4, -0.2) is 9.13 Å². The number of fused-ring (bicyclic) bond motifs is 1. The zero-order valence-corrected chi connectivity index (χ0v) is 29.3. The van der Waals surface area contributed by atoms with Gasteiger partial charge in [0.1, 0.15) is 0 Å². The monoisotopic (exact) mass is 694 g/mol. The van der Waals surface area contributed by atoms with Crippen molar-refractivity contribution >= 4 is 10.9 Å². The first-order valence-electron chi connectivity index (χ1n) is 18.0. The molecule has 0 aliphatic heterocycles. The van der Waals surface area contributed by atoms with Crippen LogP contribution in [0.1, 0.15) is 0 Å². The lowest BCUT2D eigenvalue weighted by molar-refractivity contribution is 0.836. The van der Waals surface area contributed by atoms with Crippen molar-refractivity contribution in [1.29, 1.82) is 0 Å². The van der Waals surface area contributed by atoms with Gasteiger partial charge in [-0.3, -0.25) is 9.36 Å². The van der Waals surface area contributed by atoms with E-state index in [1.165, 1.54) is 4.57 Å². The molecule has 54 heavy (non-hydrogen) atoms. The van der Waals surface area contributed by atoms with Gasteiger partial charge in [0.05, 0.1) is 22.3 Å². The Kier molecular flexibility index (Phi) is 8.46. The van der Waals surface area contributed by atoms with Crippen molar-refractivity contribution in [3.8, 4) is 67.0 Å². The normalized spacial score (nSPS) is 11.1. The number of nitrogens with zero attached hydrogens (tertiary/aromatic N) is 2. The topological polar surface area (TPSA) is 44.0 Å². The fourth-order valence-corrected chi connectivity index (χ4v) is 7.33. The number of hydrogen-bond donors (Lipinski definition) is 0. The van der Waals surface area contributed by atoms with Crippen LogP contribution in [-0.2, 0) is 0 Å². The minimum absolute atomic E-state index is 0.385. The molecule has 9 aromatic rings. The van der Waals surface area contributed by atoms with Crippen LogP contribution < -0.4 is 11.2 Å². The Morgan fingerprint density at radius 1 is 0.296 bits per heavy atom. The SMILES string of the molecule is O=c1c2cc(-c3ccccc3)cc(-c3ccccc3)c2n(-c2cccc(-c3ccccc3)c2)c(=O)n1-c1cc(-c2ccccc2)cc(-c2ccccc2)c1. The third-order valence-corrected chi connectivity index (χ3v) is 9.94. The Morgan fingerprint density at radius 3 is 1.20 bits per heavy atom. The summed E-state index contributed by atoms with van der Waals surface area (Å²) < 4.78 is 3.07. The van der Waals surface area contributed by atoms with Crippen molar-refractivity contribution in [3.05, 3.63) is 227 Å². The smallest absolute Gasteiger partial charge is 0.268 e. The molecule has 0 radical (unpaired) electrons. The van der Waals surface area contributed by atoms with Gasteiger partial charge in [-0.25, -0.2) is 9.36 Å². The molecule has 0 aliphatic rings. The summed E-state index contributed by atoms with van der Waals surface area (Å²) >= 11 is 0. The van der Waals surface area contributed by atoms with Crippen molar-refractivity contribution in [2.45, 2.75) is 0 Å². The number of aromatic nitrogens is 2. The van der Waals surface area contributed by atoms with Crippen LogP contribution in [0.15, 0.2) is 216 Å². The molecule has 1 heterocycles. The van der Waals surface area contributed by atoms with Gasteiger partial charge in [0.25, 0.3) is 5.56 Å². The number of benzene rings is 8. The second-order valence-corrected chi connectivity index (χ2v) is 13.3. The molecule has 0 atom stereocenters. The standard InChI is InChI=1S/C50H34N2O2/c53-49-47-34-43(38-23-12-4-13-24-38)33-46(39-25-14-5-15-26-39)48(47)51(44-28-16-27-40(30-44)35-17-6-1-7-18-35)50(54)52(49)45-31-41(36-19-8-2-9-20-36)29-42(32-45)37-21-10-3-11-22-37/h1-34H. The highest BCUT2D eigenvalue weighted by Crippen LogP contribution is 2.35. The molecule has 0 amide bonds. The maximum atomic E-state index is 15.4. The molecule has 0 unspecified atom stereocenters. The van der Waals surface area contributed by atoms with Crippen LogP contribution in [0.3, 0.4) is 0 Å². The van der Waals surface area contributed by atoms with Crippen molar-refractivity contribution in [2.75, 3.05) is 0 Å². The van der Waals surface area contributed by atoms with E-state index < -0.39 is 5.69 Å². The molecule has 1 aromatic heterocycles. The predicted octanol–water partition coefficient (Wildman–Crippen LogP) is 11.5. The summed E-state index contributed by atoms with van der Waals surface area (Å²) in [5, 5.41) is 0.436. The van der Waals surface area contributed by atoms with Crippen molar-refractivity contribution < 1.29 is 0 Å². The van der Waals surface area contributed by atoms with Crippen LogP contribution in [0.25, 0.3) is 77.9 Å². The zero-order chi connectivity index (χ0) is 36.4. The highest BCUT2D eigenvalue weighted by Gasteiger charge is 2.22. The first-order chi connectivity index (χ1) is 26.6. The van der Waals surface area contributed by atoms with E-state index in [1.54, 1.807) is 4.57 Å². The molecule has 4 nitrogen and oxygen atoms in total. The van der Waals surface area contributed by atoms with E-state index in [1.807, 2.05) is 182 Å². The molecule has 0 saturated heterocycles. The minimum atomic E-state index is -0.452. The molecule has 8 aromatic carbocycles. The van der Waals surface area contributed by atoms with E-state index in [2.05, 4.69) is 24.3 Å². The zero-order valence-electron chi connectivity index (χ0n) is 29.3. The predicted molar refractivity (Wildman–Crippen MR) is 222 cm³/mol. The van der Waals surface area contributed by atoms with Crippen LogP contribution in [0, 0.1) is 0 Å². The molecule has 9 rings (SSSR count). The molecule has 0 fully saturated rings. The van der Waals surface area contributed by atoms with Gasteiger partial charge in [-0.05, 0) is 92.5 Å². The van der Waals surface area contributed by atoms with E-state index >= 15 is 9.59 Å². The lowest BCUT2D eigenvalue weighted by Crippen LogP contribution is -2.38. The molecule has 0 spiro atoms. The third kappa shape index (κ3) is 6.06. The molecular weight excluding hydrogens is 661 g/mol. The van der Waals surface area contributed by atoms with E-state index in [9.17, 15) is 0 Å². The third-order valence-electron chi connectivity index (χ3n) is 9.94. The summed E-state index contributed by atoms with van der Waals surface area (Å²) in [6.45, 7) is 0. The molecule has 0 saturated carbocycles. The average Bonchev–Trinajstić information content (AvgIpc) is 3.25. The molecule has 0 bridgehead atoms. The highest BCUT2D eigenvalue weighted by molar-refractivity contribution is 5.98. The summed E-state index contributed by atoms with van der Waals surface area (Å²) in [4.78, 5) is 30.6. The van der Waals surface area contributed by atoms with Crippen molar-refractivity contribution in [2.24, 2.45) is 0 Å². The van der Waals surface area contributed by atoms with E-state index in [0.717, 1.165) is 55.6 Å². The summed E-state index contributed by atoms with van der Waals surface area (Å²) in [5.74, 6) is 0. The van der Waals surface area contributed by atoms with E-state index in [-0.39, 0.29) is 5.56 Å².